The fourth-order valence-corrected chi connectivity index (χ4v) is 6.35. The highest BCUT2D eigenvalue weighted by Crippen LogP contribution is 2.59. The molecule has 3 rings (SSSR count). The second-order valence-corrected chi connectivity index (χ2v) is 12.0. The monoisotopic (exact) mass is 509 g/mol. The van der Waals surface area contributed by atoms with Crippen LogP contribution in [0.15, 0.2) is 36.5 Å². The van der Waals surface area contributed by atoms with Crippen molar-refractivity contribution < 1.29 is 9.05 Å². The Morgan fingerprint density at radius 2 is 2.03 bits per heavy atom. The summed E-state index contributed by atoms with van der Waals surface area (Å²) in [5.41, 5.74) is 1.39. The zero-order valence-corrected chi connectivity index (χ0v) is 20.4. The number of pyridine rings is 1. The van der Waals surface area contributed by atoms with E-state index in [1.807, 2.05) is 26.0 Å². The molecule has 1 saturated heterocycles. The number of thiocarbonyl (C=S) groups is 1. The minimum Gasteiger partial charge on any atom is -0.358 e. The highest BCUT2D eigenvalue weighted by Gasteiger charge is 2.44. The van der Waals surface area contributed by atoms with E-state index in [9.17, 15) is 0 Å². The first-order chi connectivity index (χ1) is 13.6. The molecular formula is C18H19Cl3N3O2PS2. The third-order valence-corrected chi connectivity index (χ3v) is 7.77. The molecule has 11 heteroatoms. The van der Waals surface area contributed by atoms with E-state index in [1.165, 1.54) is 0 Å². The number of halogens is 3. The second kappa shape index (κ2) is 9.33. The van der Waals surface area contributed by atoms with Gasteiger partial charge in [0.25, 0.3) is 6.64 Å². The molecule has 1 aromatic carbocycles. The maximum Gasteiger partial charge on any atom is 0.289 e. The van der Waals surface area contributed by atoms with Crippen LogP contribution in [0.4, 0.5) is 0 Å². The lowest BCUT2D eigenvalue weighted by Crippen LogP contribution is -2.40. The van der Waals surface area contributed by atoms with Crippen LogP contribution < -0.4 is 10.4 Å². The van der Waals surface area contributed by atoms with Crippen molar-refractivity contribution in [3.05, 3.63) is 62.9 Å². The van der Waals surface area contributed by atoms with Gasteiger partial charge in [-0.3, -0.25) is 5.09 Å². The molecule has 2 heterocycles. The van der Waals surface area contributed by atoms with E-state index < -0.39 is 6.64 Å². The molecule has 2 atom stereocenters. The number of rotatable bonds is 4. The summed E-state index contributed by atoms with van der Waals surface area (Å²) < 4.78 is 12.1. The SMILES string of the molecule is CC1(C)CO[P@](=S)(NC(=S)NCc2ccc(Cl)nc2)O[C@H]1c1ccc(Cl)cc1Cl. The molecule has 0 saturated carbocycles. The molecule has 0 amide bonds. The molecule has 1 aromatic heterocycles. The summed E-state index contributed by atoms with van der Waals surface area (Å²) in [6, 6.07) is 8.90. The molecule has 0 aliphatic carbocycles. The Labute approximate surface area is 195 Å². The summed E-state index contributed by atoms with van der Waals surface area (Å²) in [7, 11) is 0. The third-order valence-electron chi connectivity index (χ3n) is 4.29. The van der Waals surface area contributed by atoms with Crippen LogP contribution >= 0.6 is 53.7 Å². The number of nitrogens with one attached hydrogen (secondary N) is 2. The molecular weight excluding hydrogens is 492 g/mol. The molecule has 1 aliphatic rings. The maximum atomic E-state index is 6.42. The molecule has 2 N–H and O–H groups in total. The van der Waals surface area contributed by atoms with Gasteiger partial charge >= 0.3 is 0 Å². The van der Waals surface area contributed by atoms with Gasteiger partial charge in [0, 0.05) is 33.8 Å². The average Bonchev–Trinajstić information content (AvgIpc) is 2.64. The summed E-state index contributed by atoms with van der Waals surface area (Å²) in [6.07, 6.45) is 1.30. The van der Waals surface area contributed by atoms with Crippen LogP contribution in [-0.2, 0) is 27.4 Å². The van der Waals surface area contributed by atoms with E-state index in [2.05, 4.69) is 15.4 Å². The zero-order chi connectivity index (χ0) is 21.2. The highest BCUT2D eigenvalue weighted by molar-refractivity contribution is 8.09. The normalized spacial score (nSPS) is 23.4. The number of nitrogens with zero attached hydrogens (tertiary/aromatic N) is 1. The summed E-state index contributed by atoms with van der Waals surface area (Å²) in [5, 5.41) is 7.96. The van der Waals surface area contributed by atoms with Crippen molar-refractivity contribution in [3.63, 3.8) is 0 Å². The van der Waals surface area contributed by atoms with Gasteiger partial charge in [0.2, 0.25) is 0 Å². The van der Waals surface area contributed by atoms with Gasteiger partial charge in [-0.25, -0.2) is 4.98 Å². The van der Waals surface area contributed by atoms with E-state index in [1.54, 1.807) is 24.4 Å². The standard InChI is InChI=1S/C18H19Cl3N3O2PS2/c1-18(2)10-25-27(29,26-16(18)13-5-4-12(19)7-14(13)20)24-17(28)23-9-11-3-6-15(21)22-8-11/h3-8,16H,9-10H2,1-2H3,(H2,23,24,28,29)/t16-,27+/m0/s1. The molecule has 29 heavy (non-hydrogen) atoms. The predicted molar refractivity (Wildman–Crippen MR) is 126 cm³/mol. The average molecular weight is 511 g/mol. The summed E-state index contributed by atoms with van der Waals surface area (Å²) in [6.45, 7) is 2.04. The van der Waals surface area contributed by atoms with Crippen LogP contribution in [0.5, 0.6) is 0 Å². The Balaban J connectivity index is 1.69. The molecule has 5 nitrogen and oxygen atoms in total. The number of benzene rings is 1. The van der Waals surface area contributed by atoms with E-state index >= 15 is 0 Å². The van der Waals surface area contributed by atoms with Gasteiger partial charge in [0.05, 0.1) is 6.61 Å². The highest BCUT2D eigenvalue weighted by atomic mass is 35.5. The van der Waals surface area contributed by atoms with Gasteiger partial charge in [0.15, 0.2) is 5.11 Å². The molecule has 156 valence electrons. The molecule has 0 radical (unpaired) electrons. The number of hydrogen-bond donors (Lipinski definition) is 2. The Hall–Kier alpha value is -0.500. The van der Waals surface area contributed by atoms with Gasteiger partial charge < -0.3 is 14.4 Å². The second-order valence-electron chi connectivity index (χ2n) is 7.19. The molecule has 0 bridgehead atoms. The van der Waals surface area contributed by atoms with Gasteiger partial charge in [-0.15, -0.1) is 0 Å². The first-order valence-corrected chi connectivity index (χ1v) is 12.8. The van der Waals surface area contributed by atoms with Gasteiger partial charge in [-0.05, 0) is 47.8 Å². The van der Waals surface area contributed by atoms with E-state index in [0.29, 0.717) is 33.5 Å². The van der Waals surface area contributed by atoms with E-state index in [-0.39, 0.29) is 11.5 Å². The largest absolute Gasteiger partial charge is 0.358 e. The van der Waals surface area contributed by atoms with Crippen LogP contribution in [0.3, 0.4) is 0 Å². The Kier molecular flexibility index (Phi) is 7.45. The molecule has 1 aliphatic heterocycles. The van der Waals surface area contributed by atoms with Crippen LogP contribution in [0.2, 0.25) is 15.2 Å². The van der Waals surface area contributed by atoms with Crippen molar-refractivity contribution in [2.45, 2.75) is 26.5 Å². The lowest BCUT2D eigenvalue weighted by atomic mass is 9.83. The van der Waals surface area contributed by atoms with Crippen LogP contribution in [-0.4, -0.2) is 16.7 Å². The lowest BCUT2D eigenvalue weighted by Gasteiger charge is -2.43. The predicted octanol–water partition coefficient (Wildman–Crippen LogP) is 6.04. The van der Waals surface area contributed by atoms with Gasteiger partial charge in [0.1, 0.15) is 11.3 Å². The minimum absolute atomic E-state index is 0.337. The van der Waals surface area contributed by atoms with Crippen molar-refractivity contribution in [1.82, 2.24) is 15.4 Å². The van der Waals surface area contributed by atoms with Crippen molar-refractivity contribution in [2.75, 3.05) is 6.61 Å². The summed E-state index contributed by atoms with van der Waals surface area (Å²) in [4.78, 5) is 4.04. The first-order valence-electron chi connectivity index (χ1n) is 8.62. The van der Waals surface area contributed by atoms with Crippen molar-refractivity contribution in [3.8, 4) is 0 Å². The summed E-state index contributed by atoms with van der Waals surface area (Å²) in [5.74, 6) is 0. The number of hydrogen-bond acceptors (Lipinski definition) is 5. The molecule has 0 spiro atoms. The lowest BCUT2D eigenvalue weighted by molar-refractivity contribution is -0.0136. The van der Waals surface area contributed by atoms with Crippen LogP contribution in [0, 0.1) is 5.41 Å². The van der Waals surface area contributed by atoms with Gasteiger partial charge in [-0.1, -0.05) is 60.8 Å². The van der Waals surface area contributed by atoms with Crippen molar-refractivity contribution in [1.29, 1.82) is 0 Å². The topological polar surface area (TPSA) is 55.4 Å². The minimum atomic E-state index is -2.88. The Morgan fingerprint density at radius 1 is 1.28 bits per heavy atom. The Morgan fingerprint density at radius 3 is 2.69 bits per heavy atom. The molecule has 0 unspecified atom stereocenters. The van der Waals surface area contributed by atoms with E-state index in [4.69, 9.17) is 67.9 Å². The van der Waals surface area contributed by atoms with Crippen molar-refractivity contribution >= 4 is 70.6 Å². The smallest absolute Gasteiger partial charge is 0.289 e. The maximum absolute atomic E-state index is 6.42. The first kappa shape index (κ1) is 23.2. The number of aromatic nitrogens is 1. The van der Waals surface area contributed by atoms with Crippen LogP contribution in [0.1, 0.15) is 31.1 Å². The van der Waals surface area contributed by atoms with Crippen molar-refractivity contribution in [2.24, 2.45) is 5.41 Å². The zero-order valence-electron chi connectivity index (χ0n) is 15.6. The molecule has 1 fully saturated rings. The third kappa shape index (κ3) is 6.02. The van der Waals surface area contributed by atoms with Crippen LogP contribution in [0.25, 0.3) is 0 Å². The fourth-order valence-electron chi connectivity index (χ4n) is 2.75. The summed E-state index contributed by atoms with van der Waals surface area (Å²) >= 11 is 29.3. The van der Waals surface area contributed by atoms with Gasteiger partial charge in [-0.2, -0.15) is 0 Å². The quantitative estimate of drug-likeness (QED) is 0.295. The molecule has 2 aromatic rings. The Bertz CT molecular complexity index is 960. The van der Waals surface area contributed by atoms with E-state index in [0.717, 1.165) is 11.1 Å². The fraction of sp³-hybridized carbons (Fsp3) is 0.333.